The zero-order valence-electron chi connectivity index (χ0n) is 19.9. The summed E-state index contributed by atoms with van der Waals surface area (Å²) in [5.41, 5.74) is 2.43. The van der Waals surface area contributed by atoms with Gasteiger partial charge < -0.3 is 18.8 Å². The van der Waals surface area contributed by atoms with Crippen LogP contribution in [0.5, 0.6) is 11.5 Å². The highest BCUT2D eigenvalue weighted by atomic mass is 16.5. The molecule has 0 radical (unpaired) electrons. The molecule has 7 nitrogen and oxygen atoms in total. The van der Waals surface area contributed by atoms with E-state index in [1.165, 1.54) is 6.07 Å². The van der Waals surface area contributed by atoms with Crippen molar-refractivity contribution in [1.29, 1.82) is 0 Å². The molecule has 0 bridgehead atoms. The monoisotopic (exact) mass is 462 g/mol. The minimum Gasteiger partial charge on any atom is -0.487 e. The van der Waals surface area contributed by atoms with E-state index >= 15 is 0 Å². The summed E-state index contributed by atoms with van der Waals surface area (Å²) in [6.07, 6.45) is 8.08. The minimum absolute atomic E-state index is 0.00252. The fraction of sp³-hybridized carbons (Fsp3) is 0.444. The second kappa shape index (κ2) is 8.78. The Bertz CT molecular complexity index is 1280. The normalized spacial score (nSPS) is 19.4. The zero-order chi connectivity index (χ0) is 23.9. The fourth-order valence-corrected chi connectivity index (χ4v) is 5.11. The molecule has 5 rings (SSSR count). The average Bonchev–Trinajstić information content (AvgIpc) is 2.81. The van der Waals surface area contributed by atoms with Gasteiger partial charge in [0.15, 0.2) is 6.61 Å². The number of ether oxygens (including phenoxy) is 2. The van der Waals surface area contributed by atoms with E-state index in [4.69, 9.17) is 13.9 Å². The molecule has 1 unspecified atom stereocenters. The number of rotatable bonds is 4. The topological polar surface area (TPSA) is 81.9 Å². The van der Waals surface area contributed by atoms with Gasteiger partial charge in [0, 0.05) is 36.6 Å². The lowest BCUT2D eigenvalue weighted by molar-refractivity contribution is -0.137. The largest absolute Gasteiger partial charge is 0.487 e. The third-order valence-electron chi connectivity index (χ3n) is 6.85. The number of aromatic nitrogens is 1. The molecule has 0 aliphatic carbocycles. The molecule has 178 valence electrons. The van der Waals surface area contributed by atoms with E-state index < -0.39 is 5.63 Å². The van der Waals surface area contributed by atoms with Crippen LogP contribution in [0.25, 0.3) is 11.0 Å². The van der Waals surface area contributed by atoms with E-state index in [2.05, 4.69) is 4.98 Å². The second-order valence-electron chi connectivity index (χ2n) is 9.84. The number of hydrogen-bond acceptors (Lipinski definition) is 6. The fourth-order valence-electron chi connectivity index (χ4n) is 5.11. The molecule has 1 atom stereocenters. The standard InChI is InChI=1S/C27H30N2O5/c1-17-13-24(31)33-26-19-9-10-27(2,3)34-21(19)14-22(25(17)26)32-16-23(30)29-12-5-4-8-20(29)18-7-6-11-28-15-18/h6-7,11,13-15,20H,4-5,8-10,12,16H2,1-3H3. The molecule has 1 aromatic carbocycles. The van der Waals surface area contributed by atoms with Crippen molar-refractivity contribution in [3.63, 3.8) is 0 Å². The molecule has 3 aromatic rings. The maximum atomic E-state index is 13.3. The summed E-state index contributed by atoms with van der Waals surface area (Å²) in [5, 5.41) is 0.719. The van der Waals surface area contributed by atoms with Crippen LogP contribution in [0.1, 0.15) is 62.3 Å². The molecule has 34 heavy (non-hydrogen) atoms. The molecule has 1 saturated heterocycles. The minimum atomic E-state index is -0.405. The van der Waals surface area contributed by atoms with Crippen LogP contribution in [0.15, 0.2) is 45.9 Å². The molecule has 2 aromatic heterocycles. The maximum absolute atomic E-state index is 13.3. The van der Waals surface area contributed by atoms with Crippen LogP contribution < -0.4 is 15.1 Å². The Morgan fingerprint density at radius 3 is 2.94 bits per heavy atom. The van der Waals surface area contributed by atoms with Gasteiger partial charge >= 0.3 is 5.63 Å². The molecule has 1 fully saturated rings. The Kier molecular flexibility index (Phi) is 5.80. The first kappa shape index (κ1) is 22.4. The first-order chi connectivity index (χ1) is 16.3. The molecule has 0 saturated carbocycles. The van der Waals surface area contributed by atoms with Gasteiger partial charge in [-0.15, -0.1) is 0 Å². The van der Waals surface area contributed by atoms with Crippen LogP contribution in [0.4, 0.5) is 0 Å². The van der Waals surface area contributed by atoms with Gasteiger partial charge in [-0.25, -0.2) is 4.79 Å². The van der Waals surface area contributed by atoms with Gasteiger partial charge in [0.05, 0.1) is 11.4 Å². The van der Waals surface area contributed by atoms with E-state index in [0.717, 1.165) is 54.2 Å². The van der Waals surface area contributed by atoms with E-state index in [9.17, 15) is 9.59 Å². The summed E-state index contributed by atoms with van der Waals surface area (Å²) < 4.78 is 18.0. The Hall–Kier alpha value is -3.35. The summed E-state index contributed by atoms with van der Waals surface area (Å²) in [4.78, 5) is 31.6. The molecule has 1 amide bonds. The molecular formula is C27H30N2O5. The Balaban J connectivity index is 1.46. The number of carbonyl (C=O) groups is 1. The molecule has 4 heterocycles. The van der Waals surface area contributed by atoms with Crippen LogP contribution in [-0.2, 0) is 11.2 Å². The van der Waals surface area contributed by atoms with E-state index in [1.54, 1.807) is 6.20 Å². The van der Waals surface area contributed by atoms with Crippen LogP contribution in [0.3, 0.4) is 0 Å². The van der Waals surface area contributed by atoms with Gasteiger partial charge in [0.1, 0.15) is 22.7 Å². The number of aryl methyl sites for hydroxylation is 2. The van der Waals surface area contributed by atoms with Gasteiger partial charge in [0.25, 0.3) is 5.91 Å². The average molecular weight is 463 g/mol. The van der Waals surface area contributed by atoms with Crippen LogP contribution >= 0.6 is 0 Å². The first-order valence-corrected chi connectivity index (χ1v) is 11.9. The van der Waals surface area contributed by atoms with Crippen LogP contribution in [0, 0.1) is 6.92 Å². The highest BCUT2D eigenvalue weighted by Gasteiger charge is 2.32. The van der Waals surface area contributed by atoms with Gasteiger partial charge in [-0.3, -0.25) is 9.78 Å². The summed E-state index contributed by atoms with van der Waals surface area (Å²) in [6, 6.07) is 7.22. The summed E-state index contributed by atoms with van der Waals surface area (Å²) in [5.74, 6) is 1.07. The lowest BCUT2D eigenvalue weighted by Crippen LogP contribution is -2.41. The Morgan fingerprint density at radius 1 is 1.29 bits per heavy atom. The number of piperidine rings is 1. The summed E-state index contributed by atoms with van der Waals surface area (Å²) in [6.45, 7) is 6.51. The van der Waals surface area contributed by atoms with Crippen molar-refractivity contribution in [1.82, 2.24) is 9.88 Å². The van der Waals surface area contributed by atoms with Crippen molar-refractivity contribution in [2.45, 2.75) is 64.5 Å². The lowest BCUT2D eigenvalue weighted by Gasteiger charge is -2.36. The number of hydrogen-bond donors (Lipinski definition) is 0. The summed E-state index contributed by atoms with van der Waals surface area (Å²) in [7, 11) is 0. The number of benzene rings is 1. The Labute approximate surface area is 198 Å². The van der Waals surface area contributed by atoms with Crippen molar-refractivity contribution >= 4 is 16.9 Å². The number of fused-ring (bicyclic) bond motifs is 3. The van der Waals surface area contributed by atoms with Gasteiger partial charge in [0.2, 0.25) is 0 Å². The van der Waals surface area contributed by atoms with Crippen LogP contribution in [0.2, 0.25) is 0 Å². The van der Waals surface area contributed by atoms with Gasteiger partial charge in [-0.2, -0.15) is 0 Å². The van der Waals surface area contributed by atoms with Crippen LogP contribution in [-0.4, -0.2) is 34.5 Å². The zero-order valence-corrected chi connectivity index (χ0v) is 19.9. The maximum Gasteiger partial charge on any atom is 0.336 e. The van der Waals surface area contributed by atoms with E-state index in [-0.39, 0.29) is 24.2 Å². The van der Waals surface area contributed by atoms with E-state index in [1.807, 2.05) is 50.1 Å². The van der Waals surface area contributed by atoms with Crippen molar-refractivity contribution in [3.8, 4) is 11.5 Å². The first-order valence-electron chi connectivity index (χ1n) is 11.9. The molecule has 0 N–H and O–H groups in total. The van der Waals surface area contributed by atoms with Crippen molar-refractivity contribution in [2.24, 2.45) is 0 Å². The smallest absolute Gasteiger partial charge is 0.336 e. The number of nitrogens with zero attached hydrogens (tertiary/aromatic N) is 2. The number of pyridine rings is 1. The predicted molar refractivity (Wildman–Crippen MR) is 128 cm³/mol. The van der Waals surface area contributed by atoms with E-state index in [0.29, 0.717) is 23.6 Å². The predicted octanol–water partition coefficient (Wildman–Crippen LogP) is 4.73. The van der Waals surface area contributed by atoms with Gasteiger partial charge in [-0.05, 0) is 70.1 Å². The SMILES string of the molecule is Cc1cc(=O)oc2c3c(cc(OCC(=O)N4CCCCC4c4cccnc4)c12)OC(C)(C)CC3. The number of carbonyl (C=O) groups excluding carboxylic acids is 1. The van der Waals surface area contributed by atoms with Gasteiger partial charge in [-0.1, -0.05) is 6.07 Å². The molecule has 0 spiro atoms. The molecule has 2 aliphatic rings. The highest BCUT2D eigenvalue weighted by Crippen LogP contribution is 2.42. The molecule has 2 aliphatic heterocycles. The quantitative estimate of drug-likeness (QED) is 0.521. The van der Waals surface area contributed by atoms with Crippen molar-refractivity contribution in [2.75, 3.05) is 13.2 Å². The third kappa shape index (κ3) is 4.27. The molecule has 7 heteroatoms. The van der Waals surface area contributed by atoms with Crippen molar-refractivity contribution in [3.05, 3.63) is 63.8 Å². The molecular weight excluding hydrogens is 432 g/mol. The third-order valence-corrected chi connectivity index (χ3v) is 6.85. The lowest BCUT2D eigenvalue weighted by atomic mass is 9.92. The number of likely N-dealkylation sites (tertiary alicyclic amines) is 1. The summed E-state index contributed by atoms with van der Waals surface area (Å²) >= 11 is 0. The Morgan fingerprint density at radius 2 is 2.15 bits per heavy atom. The highest BCUT2D eigenvalue weighted by molar-refractivity contribution is 5.91. The van der Waals surface area contributed by atoms with Crippen molar-refractivity contribution < 1.29 is 18.7 Å². The second-order valence-corrected chi connectivity index (χ2v) is 9.84. The number of amides is 1.